The molecule has 0 unspecified atom stereocenters. The summed E-state index contributed by atoms with van der Waals surface area (Å²) in [5.41, 5.74) is 0.389. The molecule has 22 heavy (non-hydrogen) atoms. The van der Waals surface area contributed by atoms with Gasteiger partial charge in [0.2, 0.25) is 0 Å². The van der Waals surface area contributed by atoms with Gasteiger partial charge in [0.25, 0.3) is 0 Å². The first-order chi connectivity index (χ1) is 10.3. The molecule has 1 aromatic heterocycles. The number of alkyl halides is 3. The number of methoxy groups -OCH3 is 1. The van der Waals surface area contributed by atoms with Crippen molar-refractivity contribution in [3.8, 4) is 5.75 Å². The van der Waals surface area contributed by atoms with Gasteiger partial charge in [0.1, 0.15) is 6.04 Å². The Kier molecular flexibility index (Phi) is 4.70. The van der Waals surface area contributed by atoms with E-state index < -0.39 is 18.0 Å². The Morgan fingerprint density at radius 2 is 2.09 bits per heavy atom. The van der Waals surface area contributed by atoms with Crippen LogP contribution in [0.15, 0.2) is 30.6 Å². The highest BCUT2D eigenvalue weighted by molar-refractivity contribution is 5.31. The summed E-state index contributed by atoms with van der Waals surface area (Å²) in [4.78, 5) is 0. The maximum absolute atomic E-state index is 13.6. The van der Waals surface area contributed by atoms with Gasteiger partial charge in [-0.3, -0.25) is 10.00 Å². The zero-order chi connectivity index (χ0) is 16.3. The summed E-state index contributed by atoms with van der Waals surface area (Å²) in [6, 6.07) is 1.21. The number of rotatable bonds is 5. The summed E-state index contributed by atoms with van der Waals surface area (Å²) in [7, 11) is 2.92. The molecule has 0 fully saturated rings. The predicted molar refractivity (Wildman–Crippen MR) is 71.8 cm³/mol. The fourth-order valence-corrected chi connectivity index (χ4v) is 2.07. The molecule has 1 aromatic carbocycles. The fourth-order valence-electron chi connectivity index (χ4n) is 2.07. The lowest BCUT2D eigenvalue weighted by molar-refractivity contribution is -0.158. The molecule has 1 atom stereocenters. The molecule has 1 N–H and O–H groups in total. The van der Waals surface area contributed by atoms with Crippen molar-refractivity contribution in [3.63, 3.8) is 0 Å². The summed E-state index contributed by atoms with van der Waals surface area (Å²) in [6.07, 6.45) is -1.48. The molecule has 8 heteroatoms. The number of aryl methyl sites for hydroxylation is 1. The van der Waals surface area contributed by atoms with Crippen molar-refractivity contribution in [2.45, 2.75) is 18.8 Å². The second kappa shape index (κ2) is 6.35. The summed E-state index contributed by atoms with van der Waals surface area (Å²) >= 11 is 0. The first-order valence-corrected chi connectivity index (χ1v) is 6.42. The number of hydrogen-bond donors (Lipinski definition) is 1. The molecule has 0 aliphatic carbocycles. The fraction of sp³-hybridized carbons (Fsp3) is 0.357. The van der Waals surface area contributed by atoms with Gasteiger partial charge in [-0.25, -0.2) is 4.39 Å². The second-order valence-electron chi connectivity index (χ2n) is 4.77. The SMILES string of the molecule is COc1ccc([C@H](NCc2cnn(C)c2)C(F)(F)F)cc1F. The van der Waals surface area contributed by atoms with Crippen molar-refractivity contribution in [2.75, 3.05) is 7.11 Å². The number of nitrogens with one attached hydrogen (secondary N) is 1. The Bertz CT molecular complexity index is 639. The molecule has 0 saturated heterocycles. The molecule has 4 nitrogen and oxygen atoms in total. The lowest BCUT2D eigenvalue weighted by atomic mass is 10.1. The molecule has 2 aromatic rings. The number of nitrogens with zero attached hydrogens (tertiary/aromatic N) is 2. The Balaban J connectivity index is 2.21. The van der Waals surface area contributed by atoms with Crippen LogP contribution in [0.25, 0.3) is 0 Å². The van der Waals surface area contributed by atoms with Crippen LogP contribution in [-0.2, 0) is 13.6 Å². The summed E-state index contributed by atoms with van der Waals surface area (Å²) < 4.78 is 59.4. The van der Waals surface area contributed by atoms with E-state index in [0.29, 0.717) is 5.56 Å². The van der Waals surface area contributed by atoms with Crippen molar-refractivity contribution < 1.29 is 22.3 Å². The molecule has 0 bridgehead atoms. The Morgan fingerprint density at radius 1 is 1.36 bits per heavy atom. The summed E-state index contributed by atoms with van der Waals surface area (Å²) in [6.45, 7) is -0.0360. The molecular weight excluding hydrogens is 302 g/mol. The van der Waals surface area contributed by atoms with Crippen molar-refractivity contribution in [1.82, 2.24) is 15.1 Å². The first kappa shape index (κ1) is 16.3. The lowest BCUT2D eigenvalue weighted by Gasteiger charge is -2.22. The molecule has 0 radical (unpaired) electrons. The van der Waals surface area contributed by atoms with Gasteiger partial charge in [-0.1, -0.05) is 6.07 Å². The summed E-state index contributed by atoms with van der Waals surface area (Å²) in [5.74, 6) is -0.936. The van der Waals surface area contributed by atoms with E-state index in [2.05, 4.69) is 10.4 Å². The van der Waals surface area contributed by atoms with E-state index in [9.17, 15) is 17.6 Å². The highest BCUT2D eigenvalue weighted by Gasteiger charge is 2.40. The molecule has 1 heterocycles. The number of halogens is 4. The van der Waals surface area contributed by atoms with Crippen LogP contribution in [0.4, 0.5) is 17.6 Å². The lowest BCUT2D eigenvalue weighted by Crippen LogP contribution is -2.33. The molecule has 0 saturated carbocycles. The van der Waals surface area contributed by atoms with Crippen LogP contribution in [0.1, 0.15) is 17.2 Å². The number of benzene rings is 1. The molecule has 0 amide bonds. The van der Waals surface area contributed by atoms with Gasteiger partial charge in [-0.05, 0) is 17.7 Å². The molecule has 0 spiro atoms. The average Bonchev–Trinajstić information content (AvgIpc) is 2.83. The van der Waals surface area contributed by atoms with Crippen LogP contribution in [0.5, 0.6) is 5.75 Å². The van der Waals surface area contributed by atoms with Crippen molar-refractivity contribution in [1.29, 1.82) is 0 Å². The van der Waals surface area contributed by atoms with Gasteiger partial charge in [-0.15, -0.1) is 0 Å². The van der Waals surface area contributed by atoms with Crippen LogP contribution in [-0.4, -0.2) is 23.1 Å². The predicted octanol–water partition coefficient (Wildman–Crippen LogP) is 2.96. The van der Waals surface area contributed by atoms with E-state index in [1.807, 2.05) is 0 Å². The smallest absolute Gasteiger partial charge is 0.407 e. The molecule has 2 rings (SSSR count). The van der Waals surface area contributed by atoms with Gasteiger partial charge in [0.15, 0.2) is 11.6 Å². The minimum atomic E-state index is -4.55. The van der Waals surface area contributed by atoms with Gasteiger partial charge >= 0.3 is 6.18 Å². The monoisotopic (exact) mass is 317 g/mol. The average molecular weight is 317 g/mol. The van der Waals surface area contributed by atoms with Crippen molar-refractivity contribution >= 4 is 0 Å². The van der Waals surface area contributed by atoms with E-state index in [1.54, 1.807) is 13.2 Å². The van der Waals surface area contributed by atoms with Crippen LogP contribution in [0.2, 0.25) is 0 Å². The normalized spacial score (nSPS) is 13.2. The Hall–Kier alpha value is -2.09. The molecular formula is C14H15F4N3O. The highest BCUT2D eigenvalue weighted by Crippen LogP contribution is 2.34. The van der Waals surface area contributed by atoms with Gasteiger partial charge in [0.05, 0.1) is 13.3 Å². The number of hydrogen-bond acceptors (Lipinski definition) is 3. The molecule has 0 aliphatic heterocycles. The maximum Gasteiger partial charge on any atom is 0.407 e. The third kappa shape index (κ3) is 3.76. The van der Waals surface area contributed by atoms with E-state index >= 15 is 0 Å². The van der Waals surface area contributed by atoms with Crippen LogP contribution < -0.4 is 10.1 Å². The van der Waals surface area contributed by atoms with Gasteiger partial charge in [-0.2, -0.15) is 18.3 Å². The molecule has 0 aliphatic rings. The maximum atomic E-state index is 13.6. The highest BCUT2D eigenvalue weighted by atomic mass is 19.4. The zero-order valence-electron chi connectivity index (χ0n) is 12.0. The van der Waals surface area contributed by atoms with Crippen LogP contribution >= 0.6 is 0 Å². The van der Waals surface area contributed by atoms with Gasteiger partial charge < -0.3 is 4.74 Å². The van der Waals surface area contributed by atoms with Crippen LogP contribution in [0.3, 0.4) is 0 Å². The third-order valence-electron chi connectivity index (χ3n) is 3.11. The quantitative estimate of drug-likeness (QED) is 0.862. The zero-order valence-corrected chi connectivity index (χ0v) is 12.0. The van der Waals surface area contributed by atoms with E-state index in [-0.39, 0.29) is 17.9 Å². The summed E-state index contributed by atoms with van der Waals surface area (Å²) in [5, 5.41) is 6.27. The van der Waals surface area contributed by atoms with Crippen LogP contribution in [0, 0.1) is 5.82 Å². The van der Waals surface area contributed by atoms with Gasteiger partial charge in [0, 0.05) is 25.4 Å². The van der Waals surface area contributed by atoms with Crippen molar-refractivity contribution in [3.05, 3.63) is 47.5 Å². The third-order valence-corrected chi connectivity index (χ3v) is 3.11. The minimum Gasteiger partial charge on any atom is -0.494 e. The molecule has 120 valence electrons. The Morgan fingerprint density at radius 3 is 2.59 bits per heavy atom. The van der Waals surface area contributed by atoms with E-state index in [4.69, 9.17) is 4.74 Å². The van der Waals surface area contributed by atoms with E-state index in [0.717, 1.165) is 6.07 Å². The topological polar surface area (TPSA) is 39.1 Å². The van der Waals surface area contributed by atoms with E-state index in [1.165, 1.54) is 30.1 Å². The first-order valence-electron chi connectivity index (χ1n) is 6.42. The minimum absolute atomic E-state index is 0.0360. The Labute approximate surface area is 124 Å². The number of ether oxygens (including phenoxy) is 1. The standard InChI is InChI=1S/C14H15F4N3O/c1-21-8-9(7-20-21)6-19-13(14(16,17)18)10-3-4-12(22-2)11(15)5-10/h3-5,7-8,13,19H,6H2,1-2H3/t13-/m0/s1. The largest absolute Gasteiger partial charge is 0.494 e. The second-order valence-corrected chi connectivity index (χ2v) is 4.77. The van der Waals surface area contributed by atoms with Crippen molar-refractivity contribution in [2.24, 2.45) is 7.05 Å². The number of aromatic nitrogens is 2.